The summed E-state index contributed by atoms with van der Waals surface area (Å²) in [6.07, 6.45) is 1.20. The van der Waals surface area contributed by atoms with Gasteiger partial charge in [0.25, 0.3) is 0 Å². The molecular weight excluding hydrogens is 228 g/mol. The molecule has 0 atom stereocenters. The number of carbonyl (C=O) groups excluding carboxylic acids is 1. The third-order valence-corrected chi connectivity index (χ3v) is 1.88. The molecule has 1 N–H and O–H groups in total. The van der Waals surface area contributed by atoms with E-state index in [1.807, 2.05) is 0 Å². The molecule has 0 heterocycles. The molecule has 0 aliphatic heterocycles. The zero-order chi connectivity index (χ0) is 12.8. The third-order valence-electron chi connectivity index (χ3n) is 1.88. The lowest BCUT2D eigenvalue weighted by atomic mass is 10.3. The van der Waals surface area contributed by atoms with E-state index in [1.165, 1.54) is 12.1 Å². The normalized spacial score (nSPS) is 11.2. The van der Waals surface area contributed by atoms with E-state index in [4.69, 9.17) is 4.74 Å². The van der Waals surface area contributed by atoms with Crippen LogP contribution in [0.25, 0.3) is 0 Å². The molecule has 0 saturated carbocycles. The molecular formula is C12H13F2NO2. The molecule has 0 spiro atoms. The second-order valence-electron chi connectivity index (χ2n) is 3.33. The number of nitrogens with one attached hydrogen (secondary N) is 1. The van der Waals surface area contributed by atoms with E-state index in [2.05, 4.69) is 5.32 Å². The summed E-state index contributed by atoms with van der Waals surface area (Å²) in [4.78, 5) is 11.1. The summed E-state index contributed by atoms with van der Waals surface area (Å²) >= 11 is 0. The molecule has 5 heteroatoms. The molecule has 0 aromatic heterocycles. The Morgan fingerprint density at radius 1 is 1.47 bits per heavy atom. The minimum Gasteiger partial charge on any atom is -0.463 e. The number of allylic oxidation sites excluding steroid dienone is 1. The number of carbonyl (C=O) groups is 1. The van der Waals surface area contributed by atoms with Crippen LogP contribution < -0.4 is 5.32 Å². The average Bonchev–Trinajstić information content (AvgIpc) is 2.22. The molecule has 17 heavy (non-hydrogen) atoms. The van der Waals surface area contributed by atoms with Crippen LogP contribution >= 0.6 is 0 Å². The Morgan fingerprint density at radius 3 is 2.76 bits per heavy atom. The van der Waals surface area contributed by atoms with Gasteiger partial charge in [0.2, 0.25) is 0 Å². The number of hydrogen-bond acceptors (Lipinski definition) is 3. The van der Waals surface area contributed by atoms with E-state index >= 15 is 0 Å². The van der Waals surface area contributed by atoms with Gasteiger partial charge in [-0.25, -0.2) is 13.6 Å². The van der Waals surface area contributed by atoms with E-state index in [-0.39, 0.29) is 12.3 Å². The molecule has 1 aromatic rings. The topological polar surface area (TPSA) is 38.3 Å². The van der Waals surface area contributed by atoms with Gasteiger partial charge in [0.15, 0.2) is 0 Å². The number of esters is 1. The van der Waals surface area contributed by atoms with Crippen LogP contribution in [0.2, 0.25) is 0 Å². The quantitative estimate of drug-likeness (QED) is 0.650. The molecule has 3 nitrogen and oxygen atoms in total. The van der Waals surface area contributed by atoms with Crippen LogP contribution in [-0.4, -0.2) is 12.6 Å². The lowest BCUT2D eigenvalue weighted by molar-refractivity contribution is -0.137. The molecule has 0 saturated heterocycles. The summed E-state index contributed by atoms with van der Waals surface area (Å²) < 4.78 is 30.6. The van der Waals surface area contributed by atoms with E-state index in [0.717, 1.165) is 12.1 Å². The Hall–Kier alpha value is -1.91. The van der Waals surface area contributed by atoms with Gasteiger partial charge in [-0.3, -0.25) is 0 Å². The molecule has 0 amide bonds. The number of benzene rings is 1. The second kappa shape index (κ2) is 5.98. The highest BCUT2D eigenvalue weighted by Crippen LogP contribution is 2.16. The Balaban J connectivity index is 2.74. The third kappa shape index (κ3) is 4.22. The molecule has 0 radical (unpaired) electrons. The fraction of sp³-hybridized carbons (Fsp3) is 0.250. The Morgan fingerprint density at radius 2 is 2.18 bits per heavy atom. The molecule has 1 rings (SSSR count). The Labute approximate surface area is 98.1 Å². The van der Waals surface area contributed by atoms with Gasteiger partial charge >= 0.3 is 5.97 Å². The first-order valence-corrected chi connectivity index (χ1v) is 5.10. The maximum Gasteiger partial charge on any atom is 0.332 e. The van der Waals surface area contributed by atoms with Crippen LogP contribution in [-0.2, 0) is 9.53 Å². The summed E-state index contributed by atoms with van der Waals surface area (Å²) in [5.41, 5.74) is 0.512. The predicted octanol–water partition coefficient (Wildman–Crippen LogP) is 2.84. The Kier molecular flexibility index (Phi) is 4.63. The van der Waals surface area contributed by atoms with Gasteiger partial charge in [-0.1, -0.05) is 0 Å². The van der Waals surface area contributed by atoms with Gasteiger partial charge in [0.1, 0.15) is 11.6 Å². The van der Waals surface area contributed by atoms with Crippen LogP contribution in [0.1, 0.15) is 13.8 Å². The van der Waals surface area contributed by atoms with Gasteiger partial charge in [-0.2, -0.15) is 0 Å². The summed E-state index contributed by atoms with van der Waals surface area (Å²) in [7, 11) is 0. The van der Waals surface area contributed by atoms with Gasteiger partial charge in [0.05, 0.1) is 12.3 Å². The van der Waals surface area contributed by atoms with Crippen molar-refractivity contribution in [3.05, 3.63) is 41.6 Å². The highest BCUT2D eigenvalue weighted by atomic mass is 19.1. The minimum absolute atomic E-state index is 0.101. The van der Waals surface area contributed by atoms with Crippen molar-refractivity contribution in [1.29, 1.82) is 0 Å². The maximum absolute atomic E-state index is 13.3. The summed E-state index contributed by atoms with van der Waals surface area (Å²) in [6.45, 7) is 3.54. The highest BCUT2D eigenvalue weighted by molar-refractivity contribution is 5.83. The van der Waals surface area contributed by atoms with Crippen LogP contribution in [0.15, 0.2) is 30.0 Å². The van der Waals surface area contributed by atoms with Crippen molar-refractivity contribution in [2.45, 2.75) is 13.8 Å². The van der Waals surface area contributed by atoms with E-state index in [0.29, 0.717) is 5.70 Å². The van der Waals surface area contributed by atoms with Crippen LogP contribution in [0.4, 0.5) is 14.5 Å². The van der Waals surface area contributed by atoms with Crippen molar-refractivity contribution in [3.63, 3.8) is 0 Å². The lowest BCUT2D eigenvalue weighted by Gasteiger charge is -2.07. The van der Waals surface area contributed by atoms with Crippen molar-refractivity contribution in [3.8, 4) is 0 Å². The number of rotatable bonds is 4. The molecule has 1 aromatic carbocycles. The Bertz CT molecular complexity index is 444. The first-order valence-electron chi connectivity index (χ1n) is 5.10. The molecule has 0 aliphatic carbocycles. The van der Waals surface area contributed by atoms with E-state index < -0.39 is 17.6 Å². The van der Waals surface area contributed by atoms with Crippen LogP contribution in [0.5, 0.6) is 0 Å². The zero-order valence-electron chi connectivity index (χ0n) is 9.59. The smallest absolute Gasteiger partial charge is 0.332 e. The zero-order valence-corrected chi connectivity index (χ0v) is 9.59. The maximum atomic E-state index is 13.3. The van der Waals surface area contributed by atoms with Crippen LogP contribution in [0.3, 0.4) is 0 Å². The summed E-state index contributed by atoms with van der Waals surface area (Å²) in [5.74, 6) is -1.89. The molecule has 0 fully saturated rings. The fourth-order valence-electron chi connectivity index (χ4n) is 1.20. The highest BCUT2D eigenvalue weighted by Gasteiger charge is 2.04. The predicted molar refractivity (Wildman–Crippen MR) is 60.4 cm³/mol. The molecule has 0 unspecified atom stereocenters. The number of ether oxygens (including phenoxy) is 1. The monoisotopic (exact) mass is 241 g/mol. The second-order valence-corrected chi connectivity index (χ2v) is 3.33. The summed E-state index contributed by atoms with van der Waals surface area (Å²) in [5, 5.41) is 2.65. The first kappa shape index (κ1) is 13.2. The van der Waals surface area contributed by atoms with Crippen LogP contribution in [0, 0.1) is 11.6 Å². The largest absolute Gasteiger partial charge is 0.463 e. The van der Waals surface area contributed by atoms with E-state index in [1.54, 1.807) is 13.8 Å². The number of halogens is 2. The van der Waals surface area contributed by atoms with Crippen molar-refractivity contribution >= 4 is 11.7 Å². The first-order chi connectivity index (χ1) is 8.02. The fourth-order valence-corrected chi connectivity index (χ4v) is 1.20. The average molecular weight is 241 g/mol. The number of anilines is 1. The molecule has 92 valence electrons. The van der Waals surface area contributed by atoms with Crippen molar-refractivity contribution in [2.24, 2.45) is 0 Å². The standard InChI is InChI=1S/C12H13F2NO2/c1-3-17-12(16)6-8(2)15-11-5-4-9(13)7-10(11)14/h4-7,15H,3H2,1-2H3. The van der Waals surface area contributed by atoms with Crippen molar-refractivity contribution < 1.29 is 18.3 Å². The SMILES string of the molecule is CCOC(=O)C=C(C)Nc1ccc(F)cc1F. The molecule has 0 bridgehead atoms. The summed E-state index contributed by atoms with van der Waals surface area (Å²) in [6, 6.07) is 3.15. The lowest BCUT2D eigenvalue weighted by Crippen LogP contribution is -2.05. The minimum atomic E-state index is -0.721. The number of hydrogen-bond donors (Lipinski definition) is 1. The van der Waals surface area contributed by atoms with Gasteiger partial charge in [-0.05, 0) is 26.0 Å². The van der Waals surface area contributed by atoms with Gasteiger partial charge in [0, 0.05) is 17.8 Å². The van der Waals surface area contributed by atoms with Gasteiger partial charge < -0.3 is 10.1 Å². The van der Waals surface area contributed by atoms with Gasteiger partial charge in [-0.15, -0.1) is 0 Å². The molecule has 0 aliphatic rings. The van der Waals surface area contributed by atoms with E-state index in [9.17, 15) is 13.6 Å². The van der Waals surface area contributed by atoms with Crippen molar-refractivity contribution in [2.75, 3.05) is 11.9 Å². The van der Waals surface area contributed by atoms with Crippen molar-refractivity contribution in [1.82, 2.24) is 0 Å².